The zero-order valence-electron chi connectivity index (χ0n) is 21.2. The van der Waals surface area contributed by atoms with Crippen molar-refractivity contribution in [3.63, 3.8) is 0 Å². The highest BCUT2D eigenvalue weighted by atomic mass is 16.5. The Labute approximate surface area is 191 Å². The van der Waals surface area contributed by atoms with Crippen molar-refractivity contribution in [3.05, 3.63) is 0 Å². The summed E-state index contributed by atoms with van der Waals surface area (Å²) < 4.78 is 5.76. The third-order valence-corrected chi connectivity index (χ3v) is 12.0. The summed E-state index contributed by atoms with van der Waals surface area (Å²) in [6.45, 7) is 14.3. The molecule has 5 rings (SSSR count). The predicted octanol–water partition coefficient (Wildman–Crippen LogP) is 7.65. The Balaban J connectivity index is 1.33. The van der Waals surface area contributed by atoms with E-state index in [9.17, 15) is 4.79 Å². The summed E-state index contributed by atoms with van der Waals surface area (Å²) in [6.07, 6.45) is 15.4. The molecule has 5 aliphatic rings. The molecule has 0 aliphatic heterocycles. The summed E-state index contributed by atoms with van der Waals surface area (Å²) in [5.41, 5.74) is 1.61. The molecule has 2 nitrogen and oxygen atoms in total. The zero-order chi connectivity index (χ0) is 22.2. The maximum absolute atomic E-state index is 11.6. The normalized spacial score (nSPS) is 50.9. The number of carbonyl (C=O) groups is 1. The van der Waals surface area contributed by atoms with Gasteiger partial charge in [-0.3, -0.25) is 4.79 Å². The fourth-order valence-electron chi connectivity index (χ4n) is 10.6. The van der Waals surface area contributed by atoms with Gasteiger partial charge in [-0.2, -0.15) is 0 Å². The van der Waals surface area contributed by atoms with E-state index >= 15 is 0 Å². The minimum Gasteiger partial charge on any atom is -0.463 e. The average molecular weight is 429 g/mol. The first-order chi connectivity index (χ1) is 14.6. The number of esters is 1. The second kappa shape index (κ2) is 7.49. The van der Waals surface area contributed by atoms with Crippen LogP contribution < -0.4 is 0 Å². The number of carbonyl (C=O) groups excluding carboxylic acids is 1. The molecule has 0 heterocycles. The van der Waals surface area contributed by atoms with Crippen LogP contribution in [0.15, 0.2) is 0 Å². The van der Waals surface area contributed by atoms with Gasteiger partial charge in [-0.05, 0) is 109 Å². The standard InChI is InChI=1S/C29H48O2/c1-18(2)8-7-9-19(3)22-10-11-23-26-24(13-14-27(22,23)5)28(6)15-12-21(31-20(4)30)16-29(28)17-25(26)29/h18-19,21-26H,7-17H2,1-6H3/t19-,21+,22-,23+,24+,25+,26+,27-,28-,29-/m1/s1. The molecular weight excluding hydrogens is 380 g/mol. The molecule has 0 bridgehead atoms. The number of hydrogen-bond donors (Lipinski definition) is 0. The predicted molar refractivity (Wildman–Crippen MR) is 126 cm³/mol. The SMILES string of the molecule is CC(=O)O[C@H]1CC[C@]2(C)[C@H]3CC[C@]4(C)[C@@H]([C@H](C)CCCC(C)C)CC[C@H]4[C@@H]3[C@@H]3C[C@]32C1. The summed E-state index contributed by atoms with van der Waals surface area (Å²) in [6, 6.07) is 0. The third-order valence-electron chi connectivity index (χ3n) is 12.0. The molecule has 5 aliphatic carbocycles. The van der Waals surface area contributed by atoms with E-state index in [1.165, 1.54) is 64.2 Å². The molecule has 5 fully saturated rings. The fourth-order valence-corrected chi connectivity index (χ4v) is 10.6. The van der Waals surface area contributed by atoms with Crippen LogP contribution in [0.4, 0.5) is 0 Å². The Morgan fingerprint density at radius 3 is 2.42 bits per heavy atom. The smallest absolute Gasteiger partial charge is 0.302 e. The highest BCUT2D eigenvalue weighted by Crippen LogP contribution is 2.85. The lowest BCUT2D eigenvalue weighted by Crippen LogP contribution is -2.47. The Morgan fingerprint density at radius 1 is 0.935 bits per heavy atom. The monoisotopic (exact) mass is 428 g/mol. The molecule has 10 atom stereocenters. The van der Waals surface area contributed by atoms with Crippen LogP contribution in [-0.2, 0) is 9.53 Å². The van der Waals surface area contributed by atoms with Crippen molar-refractivity contribution in [3.8, 4) is 0 Å². The van der Waals surface area contributed by atoms with Gasteiger partial charge in [0.25, 0.3) is 0 Å². The highest BCUT2D eigenvalue weighted by Gasteiger charge is 2.79. The van der Waals surface area contributed by atoms with Crippen molar-refractivity contribution < 1.29 is 9.53 Å². The molecule has 0 radical (unpaired) electrons. The van der Waals surface area contributed by atoms with Crippen LogP contribution in [0.3, 0.4) is 0 Å². The molecule has 0 aromatic heterocycles. The average Bonchev–Trinajstić information content (AvgIpc) is 3.20. The zero-order valence-corrected chi connectivity index (χ0v) is 21.2. The first kappa shape index (κ1) is 22.3. The van der Waals surface area contributed by atoms with Gasteiger partial charge in [-0.1, -0.05) is 53.9 Å². The Morgan fingerprint density at radius 2 is 1.71 bits per heavy atom. The van der Waals surface area contributed by atoms with Gasteiger partial charge in [0.2, 0.25) is 0 Å². The van der Waals surface area contributed by atoms with Crippen LogP contribution >= 0.6 is 0 Å². The van der Waals surface area contributed by atoms with Crippen molar-refractivity contribution in [2.75, 3.05) is 0 Å². The number of hydrogen-bond acceptors (Lipinski definition) is 2. The molecule has 0 aromatic rings. The van der Waals surface area contributed by atoms with Crippen molar-refractivity contribution in [2.24, 2.45) is 57.7 Å². The van der Waals surface area contributed by atoms with Gasteiger partial charge in [-0.15, -0.1) is 0 Å². The molecule has 0 aromatic carbocycles. The first-order valence-corrected chi connectivity index (χ1v) is 13.8. The van der Waals surface area contributed by atoms with Gasteiger partial charge >= 0.3 is 5.97 Å². The quantitative estimate of drug-likeness (QED) is 0.406. The second-order valence-corrected chi connectivity index (χ2v) is 13.7. The van der Waals surface area contributed by atoms with E-state index < -0.39 is 0 Å². The topological polar surface area (TPSA) is 26.3 Å². The van der Waals surface area contributed by atoms with Crippen molar-refractivity contribution in [1.29, 1.82) is 0 Å². The van der Waals surface area contributed by atoms with E-state index in [0.29, 0.717) is 16.2 Å². The number of ether oxygens (including phenoxy) is 1. The molecule has 0 amide bonds. The largest absolute Gasteiger partial charge is 0.463 e. The molecule has 5 saturated carbocycles. The molecule has 0 unspecified atom stereocenters. The van der Waals surface area contributed by atoms with E-state index in [-0.39, 0.29) is 12.1 Å². The molecule has 0 saturated heterocycles. The number of fused-ring (bicyclic) bond motifs is 5. The van der Waals surface area contributed by atoms with E-state index in [1.54, 1.807) is 6.92 Å². The summed E-state index contributed by atoms with van der Waals surface area (Å²) in [5, 5.41) is 0. The minimum absolute atomic E-state index is 0.0738. The van der Waals surface area contributed by atoms with Crippen LogP contribution in [0.5, 0.6) is 0 Å². The summed E-state index contributed by atoms with van der Waals surface area (Å²) >= 11 is 0. The van der Waals surface area contributed by atoms with Gasteiger partial charge < -0.3 is 4.74 Å². The van der Waals surface area contributed by atoms with Gasteiger partial charge in [0.1, 0.15) is 6.10 Å². The van der Waals surface area contributed by atoms with Crippen molar-refractivity contribution in [2.45, 2.75) is 118 Å². The molecule has 0 N–H and O–H groups in total. The van der Waals surface area contributed by atoms with Gasteiger partial charge in [-0.25, -0.2) is 0 Å². The molecule has 176 valence electrons. The number of rotatable bonds is 6. The summed E-state index contributed by atoms with van der Waals surface area (Å²) in [7, 11) is 0. The maximum Gasteiger partial charge on any atom is 0.302 e. The van der Waals surface area contributed by atoms with Crippen molar-refractivity contribution in [1.82, 2.24) is 0 Å². The third kappa shape index (κ3) is 3.19. The first-order valence-electron chi connectivity index (χ1n) is 13.8. The molecule has 31 heavy (non-hydrogen) atoms. The lowest BCUT2D eigenvalue weighted by atomic mass is 9.51. The fraction of sp³-hybridized carbons (Fsp3) is 0.966. The van der Waals surface area contributed by atoms with E-state index in [0.717, 1.165) is 47.8 Å². The van der Waals surface area contributed by atoms with Crippen molar-refractivity contribution >= 4 is 5.97 Å². The summed E-state index contributed by atoms with van der Waals surface area (Å²) in [5.74, 6) is 6.42. The van der Waals surface area contributed by atoms with E-state index in [2.05, 4.69) is 34.6 Å². The Kier molecular flexibility index (Phi) is 5.38. The van der Waals surface area contributed by atoms with Crippen LogP contribution in [0.1, 0.15) is 112 Å². The minimum atomic E-state index is -0.0738. The molecular formula is C29H48O2. The maximum atomic E-state index is 11.6. The highest BCUT2D eigenvalue weighted by molar-refractivity contribution is 5.66. The van der Waals surface area contributed by atoms with Gasteiger partial charge in [0, 0.05) is 6.92 Å². The lowest BCUT2D eigenvalue weighted by molar-refractivity contribution is -0.152. The van der Waals surface area contributed by atoms with Gasteiger partial charge in [0.15, 0.2) is 0 Å². The lowest BCUT2D eigenvalue weighted by Gasteiger charge is -2.54. The second-order valence-electron chi connectivity index (χ2n) is 13.7. The summed E-state index contributed by atoms with van der Waals surface area (Å²) in [4.78, 5) is 11.6. The van der Waals surface area contributed by atoms with E-state index in [4.69, 9.17) is 4.74 Å². The Bertz CT molecular complexity index is 714. The van der Waals surface area contributed by atoms with Gasteiger partial charge in [0.05, 0.1) is 0 Å². The molecule has 1 spiro atoms. The van der Waals surface area contributed by atoms with Crippen LogP contribution in [0.2, 0.25) is 0 Å². The van der Waals surface area contributed by atoms with E-state index in [1.807, 2.05) is 0 Å². The van der Waals surface area contributed by atoms with Crippen LogP contribution in [-0.4, -0.2) is 12.1 Å². The Hall–Kier alpha value is -0.530. The van der Waals surface area contributed by atoms with Crippen LogP contribution in [0, 0.1) is 57.7 Å². The molecule has 2 heteroatoms. The van der Waals surface area contributed by atoms with Crippen LogP contribution in [0.25, 0.3) is 0 Å².